The maximum absolute atomic E-state index is 9.25. The van der Waals surface area contributed by atoms with Crippen molar-refractivity contribution in [2.75, 3.05) is 18.5 Å². The molecule has 2 aromatic rings. The number of thiophene rings is 1. The monoisotopic (exact) mass is 285 g/mol. The number of halogens is 1. The van der Waals surface area contributed by atoms with Crippen LogP contribution in [0.3, 0.4) is 0 Å². The van der Waals surface area contributed by atoms with E-state index in [1.54, 1.807) is 11.3 Å². The number of fused-ring (bicyclic) bond motifs is 1. The highest BCUT2D eigenvalue weighted by Crippen LogP contribution is 2.30. The zero-order chi connectivity index (χ0) is 13.3. The third-order valence-corrected chi connectivity index (χ3v) is 3.76. The molecule has 0 bridgehead atoms. The predicted molar refractivity (Wildman–Crippen MR) is 76.5 cm³/mol. The highest BCUT2D eigenvalue weighted by Gasteiger charge is 2.17. The summed E-state index contributed by atoms with van der Waals surface area (Å²) in [6.45, 7) is 6.74. The summed E-state index contributed by atoms with van der Waals surface area (Å²) in [5, 5.41) is 13.7. The van der Waals surface area contributed by atoms with E-state index in [1.807, 2.05) is 26.8 Å². The van der Waals surface area contributed by atoms with E-state index in [1.165, 1.54) is 4.88 Å². The molecule has 0 unspecified atom stereocenters. The minimum atomic E-state index is -0.200. The molecule has 0 saturated heterocycles. The lowest BCUT2D eigenvalue weighted by atomic mass is 9.95. The van der Waals surface area contributed by atoms with Crippen LogP contribution in [0, 0.1) is 12.3 Å². The number of aryl methyl sites for hydroxylation is 1. The summed E-state index contributed by atoms with van der Waals surface area (Å²) in [5.41, 5.74) is -0.200. The van der Waals surface area contributed by atoms with Gasteiger partial charge in [-0.2, -0.15) is 0 Å². The van der Waals surface area contributed by atoms with Crippen LogP contribution < -0.4 is 5.32 Å². The van der Waals surface area contributed by atoms with E-state index in [0.717, 1.165) is 16.0 Å². The molecule has 0 saturated carbocycles. The molecule has 0 atom stereocenters. The average molecular weight is 286 g/mol. The van der Waals surface area contributed by atoms with Crippen molar-refractivity contribution in [3.63, 3.8) is 0 Å². The first-order valence-corrected chi connectivity index (χ1v) is 6.89. The molecule has 2 aromatic heterocycles. The third-order valence-electron chi connectivity index (χ3n) is 2.65. The molecule has 98 valence electrons. The first-order valence-electron chi connectivity index (χ1n) is 5.70. The molecular formula is C12H16ClN3OS. The van der Waals surface area contributed by atoms with Crippen LogP contribution in [-0.4, -0.2) is 28.2 Å². The molecule has 0 aliphatic rings. The van der Waals surface area contributed by atoms with E-state index in [9.17, 15) is 5.11 Å². The van der Waals surface area contributed by atoms with Gasteiger partial charge in [-0.1, -0.05) is 13.8 Å². The van der Waals surface area contributed by atoms with Crippen LogP contribution in [0.15, 0.2) is 6.07 Å². The Hall–Kier alpha value is -0.910. The average Bonchev–Trinajstić information content (AvgIpc) is 2.66. The van der Waals surface area contributed by atoms with Crippen molar-refractivity contribution in [2.24, 2.45) is 5.41 Å². The number of hydrogen-bond acceptors (Lipinski definition) is 5. The van der Waals surface area contributed by atoms with Crippen LogP contribution in [-0.2, 0) is 0 Å². The normalized spacial score (nSPS) is 12.1. The molecule has 6 heteroatoms. The SMILES string of the molecule is Cc1cc2c(NCC(C)(C)CO)nc(Cl)nc2s1. The topological polar surface area (TPSA) is 58.0 Å². The van der Waals surface area contributed by atoms with Crippen LogP contribution in [0.25, 0.3) is 10.2 Å². The Balaban J connectivity index is 2.32. The maximum Gasteiger partial charge on any atom is 0.225 e. The summed E-state index contributed by atoms with van der Waals surface area (Å²) in [4.78, 5) is 10.5. The van der Waals surface area contributed by atoms with Crippen molar-refractivity contribution in [3.05, 3.63) is 16.2 Å². The molecule has 0 spiro atoms. The largest absolute Gasteiger partial charge is 0.396 e. The fourth-order valence-corrected chi connectivity index (χ4v) is 2.63. The second-order valence-corrected chi connectivity index (χ2v) is 6.67. The molecule has 2 rings (SSSR count). The summed E-state index contributed by atoms with van der Waals surface area (Å²) in [6, 6.07) is 2.05. The quantitative estimate of drug-likeness (QED) is 0.848. The first-order chi connectivity index (χ1) is 8.41. The van der Waals surface area contributed by atoms with Crippen LogP contribution in [0.4, 0.5) is 5.82 Å². The van der Waals surface area contributed by atoms with Gasteiger partial charge in [-0.05, 0) is 24.6 Å². The fraction of sp³-hybridized carbons (Fsp3) is 0.500. The molecule has 18 heavy (non-hydrogen) atoms. The molecule has 0 amide bonds. The molecule has 0 aliphatic carbocycles. The number of anilines is 1. The zero-order valence-electron chi connectivity index (χ0n) is 10.6. The predicted octanol–water partition coefficient (Wildman–Crippen LogP) is 3.08. The van der Waals surface area contributed by atoms with E-state index in [4.69, 9.17) is 11.6 Å². The van der Waals surface area contributed by atoms with Crippen molar-refractivity contribution in [1.29, 1.82) is 0 Å². The highest BCUT2D eigenvalue weighted by molar-refractivity contribution is 7.18. The lowest BCUT2D eigenvalue weighted by Gasteiger charge is -2.22. The van der Waals surface area contributed by atoms with Gasteiger partial charge in [0.15, 0.2) is 0 Å². The van der Waals surface area contributed by atoms with Crippen molar-refractivity contribution in [3.8, 4) is 0 Å². The summed E-state index contributed by atoms with van der Waals surface area (Å²) in [5.74, 6) is 0.732. The van der Waals surface area contributed by atoms with Crippen LogP contribution in [0.2, 0.25) is 5.28 Å². The standard InChI is InChI=1S/C12H16ClN3OS/c1-7-4-8-9(14-5-12(2,3)6-17)15-11(13)16-10(8)18-7/h4,17H,5-6H2,1-3H3,(H,14,15,16). The summed E-state index contributed by atoms with van der Waals surface area (Å²) < 4.78 is 0. The molecule has 2 N–H and O–H groups in total. The highest BCUT2D eigenvalue weighted by atomic mass is 35.5. The second-order valence-electron chi connectivity index (χ2n) is 5.09. The van der Waals surface area contributed by atoms with Gasteiger partial charge in [0.05, 0.1) is 5.39 Å². The van der Waals surface area contributed by atoms with Crippen molar-refractivity contribution in [1.82, 2.24) is 9.97 Å². The summed E-state index contributed by atoms with van der Waals surface area (Å²) >= 11 is 7.51. The van der Waals surface area contributed by atoms with Gasteiger partial charge < -0.3 is 10.4 Å². The smallest absolute Gasteiger partial charge is 0.225 e. The number of aliphatic hydroxyl groups is 1. The minimum absolute atomic E-state index is 0.116. The van der Waals surface area contributed by atoms with Gasteiger partial charge in [-0.3, -0.25) is 0 Å². The molecule has 0 aromatic carbocycles. The third kappa shape index (κ3) is 2.91. The Morgan fingerprint density at radius 3 is 2.83 bits per heavy atom. The van der Waals surface area contributed by atoms with E-state index in [2.05, 4.69) is 15.3 Å². The number of aliphatic hydroxyl groups excluding tert-OH is 1. The van der Waals surface area contributed by atoms with Crippen molar-refractivity contribution in [2.45, 2.75) is 20.8 Å². The Bertz CT molecular complexity index is 568. The van der Waals surface area contributed by atoms with Gasteiger partial charge in [0.25, 0.3) is 0 Å². The molecule has 2 heterocycles. The molecule has 0 fully saturated rings. The summed E-state index contributed by atoms with van der Waals surface area (Å²) in [6.07, 6.45) is 0. The Kier molecular flexibility index (Phi) is 3.75. The minimum Gasteiger partial charge on any atom is -0.396 e. The van der Waals surface area contributed by atoms with E-state index >= 15 is 0 Å². The number of nitrogens with one attached hydrogen (secondary N) is 1. The van der Waals surface area contributed by atoms with Gasteiger partial charge in [0, 0.05) is 23.4 Å². The number of hydrogen-bond donors (Lipinski definition) is 2. The summed E-state index contributed by atoms with van der Waals surface area (Å²) in [7, 11) is 0. The van der Waals surface area contributed by atoms with Crippen LogP contribution in [0.5, 0.6) is 0 Å². The van der Waals surface area contributed by atoms with Gasteiger partial charge >= 0.3 is 0 Å². The molecule has 0 aliphatic heterocycles. The fourth-order valence-electron chi connectivity index (χ4n) is 1.53. The Labute approximate surface area is 115 Å². The van der Waals surface area contributed by atoms with Gasteiger partial charge in [0.1, 0.15) is 10.6 Å². The maximum atomic E-state index is 9.25. The molecular weight excluding hydrogens is 270 g/mol. The van der Waals surface area contributed by atoms with Gasteiger partial charge in [-0.25, -0.2) is 9.97 Å². The number of nitrogens with zero attached hydrogens (tertiary/aromatic N) is 2. The Morgan fingerprint density at radius 1 is 1.44 bits per heavy atom. The lowest BCUT2D eigenvalue weighted by molar-refractivity contribution is 0.171. The van der Waals surface area contributed by atoms with Crippen LogP contribution >= 0.6 is 22.9 Å². The van der Waals surface area contributed by atoms with E-state index in [-0.39, 0.29) is 17.3 Å². The second kappa shape index (κ2) is 4.99. The number of rotatable bonds is 4. The van der Waals surface area contributed by atoms with Crippen molar-refractivity contribution < 1.29 is 5.11 Å². The van der Waals surface area contributed by atoms with Crippen LogP contribution in [0.1, 0.15) is 18.7 Å². The van der Waals surface area contributed by atoms with Crippen molar-refractivity contribution >= 4 is 39.0 Å². The van der Waals surface area contributed by atoms with Gasteiger partial charge in [0.2, 0.25) is 5.28 Å². The number of aromatic nitrogens is 2. The zero-order valence-corrected chi connectivity index (χ0v) is 12.2. The first kappa shape index (κ1) is 13.5. The lowest BCUT2D eigenvalue weighted by Crippen LogP contribution is -2.27. The molecule has 0 radical (unpaired) electrons. The molecule has 4 nitrogen and oxygen atoms in total. The Morgan fingerprint density at radius 2 is 2.17 bits per heavy atom. The van der Waals surface area contributed by atoms with E-state index < -0.39 is 0 Å². The van der Waals surface area contributed by atoms with Gasteiger partial charge in [-0.15, -0.1) is 11.3 Å². The van der Waals surface area contributed by atoms with E-state index in [0.29, 0.717) is 6.54 Å².